The summed E-state index contributed by atoms with van der Waals surface area (Å²) < 4.78 is 1.09. The smallest absolute Gasteiger partial charge is 0.0249 e. The van der Waals surface area contributed by atoms with Crippen molar-refractivity contribution in [1.82, 2.24) is 0 Å². The molecular weight excluding hydrogens is 283 g/mol. The Hall–Kier alpha value is -0.570. The molecule has 1 rings (SSSR count). The fourth-order valence-corrected chi connectivity index (χ4v) is 2.02. The Morgan fingerprint density at radius 3 is 2.50 bits per heavy atom. The van der Waals surface area contributed by atoms with Crippen LogP contribution >= 0.6 is 22.6 Å². The number of allylic oxidation sites excluding steroid dienone is 4. The van der Waals surface area contributed by atoms with Crippen molar-refractivity contribution < 1.29 is 0 Å². The molecule has 1 aromatic rings. The summed E-state index contributed by atoms with van der Waals surface area (Å²) in [5.74, 6) is 0. The number of halogens is 1. The lowest BCUT2D eigenvalue weighted by Gasteiger charge is -2.02. The summed E-state index contributed by atoms with van der Waals surface area (Å²) in [5.41, 5.74) is 2.88. The van der Waals surface area contributed by atoms with E-state index in [0.29, 0.717) is 0 Å². The van der Waals surface area contributed by atoms with E-state index in [9.17, 15) is 0 Å². The van der Waals surface area contributed by atoms with E-state index in [0.717, 1.165) is 10.8 Å². The maximum absolute atomic E-state index is 2.41. The monoisotopic (exact) mass is 298 g/mol. The fourth-order valence-electron chi connectivity index (χ4n) is 1.27. The molecule has 0 radical (unpaired) electrons. The van der Waals surface area contributed by atoms with Gasteiger partial charge in [0.1, 0.15) is 0 Å². The van der Waals surface area contributed by atoms with Crippen LogP contribution in [0.5, 0.6) is 0 Å². The van der Waals surface area contributed by atoms with Gasteiger partial charge in [-0.1, -0.05) is 71.2 Å². The zero-order valence-electron chi connectivity index (χ0n) is 8.41. The van der Waals surface area contributed by atoms with Crippen molar-refractivity contribution in [3.8, 4) is 0 Å². The lowest BCUT2D eigenvalue weighted by molar-refractivity contribution is 1.21. The molecule has 0 aliphatic rings. The molecule has 0 aliphatic heterocycles. The summed E-state index contributed by atoms with van der Waals surface area (Å²) in [5, 5.41) is 0. The van der Waals surface area contributed by atoms with Crippen molar-refractivity contribution in [3.05, 3.63) is 59.7 Å². The maximum Gasteiger partial charge on any atom is 0.0249 e. The molecule has 1 aromatic carbocycles. The van der Waals surface area contributed by atoms with Crippen LogP contribution in [0.3, 0.4) is 0 Å². The summed E-state index contributed by atoms with van der Waals surface area (Å²) in [6.07, 6.45) is 9.44. The Kier molecular flexibility index (Phi) is 5.60. The summed E-state index contributed by atoms with van der Waals surface area (Å²) in [6, 6.07) is 8.61. The van der Waals surface area contributed by atoms with Gasteiger partial charge in [-0.3, -0.25) is 0 Å². The molecule has 0 N–H and O–H groups in total. The van der Waals surface area contributed by atoms with Crippen molar-refractivity contribution >= 4 is 22.6 Å². The highest BCUT2D eigenvalue weighted by Crippen LogP contribution is 2.13. The van der Waals surface area contributed by atoms with Crippen LogP contribution < -0.4 is 0 Å². The Bertz CT molecular complexity index is 324. The molecule has 1 heteroatoms. The van der Waals surface area contributed by atoms with Gasteiger partial charge in [0, 0.05) is 4.43 Å². The third-order valence-corrected chi connectivity index (χ3v) is 2.86. The molecule has 0 heterocycles. The largest absolute Gasteiger partial charge is 0.0877 e. The zero-order valence-corrected chi connectivity index (χ0v) is 10.6. The predicted octanol–water partition coefficient (Wildman–Crippen LogP) is 4.30. The van der Waals surface area contributed by atoms with E-state index >= 15 is 0 Å². The minimum Gasteiger partial charge on any atom is -0.0877 e. The van der Waals surface area contributed by atoms with Crippen LogP contribution in [-0.4, -0.2) is 0 Å². The lowest BCUT2D eigenvalue weighted by Crippen LogP contribution is -1.88. The molecule has 0 aromatic heterocycles. The standard InChI is InChI=1S/C13H15I/c1-2-3-4-5-8-12-9-6-7-10-13(12)11-14/h2-7,9-10H,8,11H2,1H3/b3-2-,5-4-. The highest BCUT2D eigenvalue weighted by molar-refractivity contribution is 14.1. The molecule has 0 nitrogen and oxygen atoms in total. The summed E-state index contributed by atoms with van der Waals surface area (Å²) in [4.78, 5) is 0. The molecule has 0 saturated carbocycles. The summed E-state index contributed by atoms with van der Waals surface area (Å²) >= 11 is 2.41. The minimum atomic E-state index is 1.03. The van der Waals surface area contributed by atoms with E-state index < -0.39 is 0 Å². The zero-order chi connectivity index (χ0) is 10.2. The van der Waals surface area contributed by atoms with Crippen LogP contribution in [0.15, 0.2) is 48.6 Å². The fraction of sp³-hybridized carbons (Fsp3) is 0.231. The van der Waals surface area contributed by atoms with Crippen molar-refractivity contribution in [3.63, 3.8) is 0 Å². The molecule has 0 amide bonds. The normalized spacial score (nSPS) is 11.6. The van der Waals surface area contributed by atoms with Crippen LogP contribution in [0, 0.1) is 0 Å². The number of hydrogen-bond acceptors (Lipinski definition) is 0. The second-order valence-corrected chi connectivity index (χ2v) is 3.82. The molecule has 0 aliphatic carbocycles. The molecular formula is C13H15I. The van der Waals surface area contributed by atoms with Crippen LogP contribution in [0.25, 0.3) is 0 Å². The van der Waals surface area contributed by atoms with Gasteiger partial charge in [0.2, 0.25) is 0 Å². The van der Waals surface area contributed by atoms with Gasteiger partial charge in [-0.05, 0) is 24.5 Å². The number of alkyl halides is 1. The Balaban J connectivity index is 2.66. The predicted molar refractivity (Wildman–Crippen MR) is 71.8 cm³/mol. The molecule has 0 bridgehead atoms. The Morgan fingerprint density at radius 2 is 1.86 bits per heavy atom. The number of rotatable bonds is 4. The first-order chi connectivity index (χ1) is 6.88. The van der Waals surface area contributed by atoms with Crippen LogP contribution in [0.2, 0.25) is 0 Å². The Labute approximate surface area is 99.9 Å². The quantitative estimate of drug-likeness (QED) is 0.442. The van der Waals surface area contributed by atoms with E-state index in [2.05, 4.69) is 65.1 Å². The third-order valence-electron chi connectivity index (χ3n) is 2.04. The van der Waals surface area contributed by atoms with Gasteiger partial charge in [-0.25, -0.2) is 0 Å². The first kappa shape index (κ1) is 11.5. The van der Waals surface area contributed by atoms with Gasteiger partial charge in [0.15, 0.2) is 0 Å². The topological polar surface area (TPSA) is 0 Å². The Morgan fingerprint density at radius 1 is 1.14 bits per heavy atom. The van der Waals surface area contributed by atoms with Gasteiger partial charge < -0.3 is 0 Å². The molecule has 0 fully saturated rings. The van der Waals surface area contributed by atoms with Crippen molar-refractivity contribution in [2.24, 2.45) is 0 Å². The van der Waals surface area contributed by atoms with Gasteiger partial charge in [0.05, 0.1) is 0 Å². The van der Waals surface area contributed by atoms with E-state index in [4.69, 9.17) is 0 Å². The van der Waals surface area contributed by atoms with Crippen molar-refractivity contribution in [2.75, 3.05) is 0 Å². The van der Waals surface area contributed by atoms with Crippen LogP contribution in [-0.2, 0) is 10.8 Å². The van der Waals surface area contributed by atoms with Crippen LogP contribution in [0.4, 0.5) is 0 Å². The van der Waals surface area contributed by atoms with E-state index in [1.165, 1.54) is 11.1 Å². The van der Waals surface area contributed by atoms with Gasteiger partial charge in [-0.15, -0.1) is 0 Å². The van der Waals surface area contributed by atoms with Gasteiger partial charge in [0.25, 0.3) is 0 Å². The number of hydrogen-bond donors (Lipinski definition) is 0. The second kappa shape index (κ2) is 6.82. The molecule has 0 unspecified atom stereocenters. The van der Waals surface area contributed by atoms with Crippen molar-refractivity contribution in [2.45, 2.75) is 17.8 Å². The molecule has 74 valence electrons. The summed E-state index contributed by atoms with van der Waals surface area (Å²) in [6.45, 7) is 2.03. The highest BCUT2D eigenvalue weighted by Gasteiger charge is 1.96. The maximum atomic E-state index is 2.41. The van der Waals surface area contributed by atoms with Crippen molar-refractivity contribution in [1.29, 1.82) is 0 Å². The SMILES string of the molecule is C/C=C\C=C/Cc1ccccc1CI. The highest BCUT2D eigenvalue weighted by atomic mass is 127. The number of benzene rings is 1. The van der Waals surface area contributed by atoms with Gasteiger partial charge >= 0.3 is 0 Å². The summed E-state index contributed by atoms with van der Waals surface area (Å²) in [7, 11) is 0. The minimum absolute atomic E-state index is 1.03. The van der Waals surface area contributed by atoms with Gasteiger partial charge in [-0.2, -0.15) is 0 Å². The lowest BCUT2D eigenvalue weighted by atomic mass is 10.1. The third kappa shape index (κ3) is 3.66. The van der Waals surface area contributed by atoms with Crippen LogP contribution in [0.1, 0.15) is 18.1 Å². The first-order valence-corrected chi connectivity index (χ1v) is 6.31. The van der Waals surface area contributed by atoms with E-state index in [1.807, 2.05) is 13.0 Å². The molecule has 0 atom stereocenters. The average molecular weight is 298 g/mol. The average Bonchev–Trinajstić information content (AvgIpc) is 2.25. The molecule has 0 spiro atoms. The van der Waals surface area contributed by atoms with E-state index in [-0.39, 0.29) is 0 Å². The molecule has 0 saturated heterocycles. The first-order valence-electron chi connectivity index (χ1n) is 4.79. The molecule has 14 heavy (non-hydrogen) atoms. The van der Waals surface area contributed by atoms with E-state index in [1.54, 1.807) is 0 Å². The second-order valence-electron chi connectivity index (χ2n) is 3.06.